The van der Waals surface area contributed by atoms with Gasteiger partial charge >= 0.3 is 0 Å². The fraction of sp³-hybridized carbons (Fsp3) is 0.500. The molecule has 0 spiro atoms. The van der Waals surface area contributed by atoms with Crippen molar-refractivity contribution in [1.82, 2.24) is 10.3 Å². The Morgan fingerprint density at radius 3 is 3.06 bits per heavy atom. The van der Waals surface area contributed by atoms with E-state index in [2.05, 4.69) is 28.5 Å². The molecule has 3 nitrogen and oxygen atoms in total. The largest absolute Gasteiger partial charge is 0.373 e. The number of hydrogen-bond acceptors (Lipinski definition) is 4. The van der Waals surface area contributed by atoms with E-state index in [1.165, 1.54) is 29.0 Å². The van der Waals surface area contributed by atoms with Crippen LogP contribution in [0.5, 0.6) is 0 Å². The molecule has 0 saturated carbocycles. The highest BCUT2D eigenvalue weighted by Gasteiger charge is 2.40. The molecule has 2 aliphatic heterocycles. The number of rotatable bonds is 3. The molecule has 1 aromatic carbocycles. The maximum absolute atomic E-state index is 5.85. The van der Waals surface area contributed by atoms with Crippen LogP contribution in [-0.2, 0) is 11.3 Å². The smallest absolute Gasteiger partial charge is 0.108 e. The summed E-state index contributed by atoms with van der Waals surface area (Å²) >= 11 is 1.79. The molecular weight excluding hydrogens is 244 g/mol. The second-order valence-corrected chi connectivity index (χ2v) is 6.29. The van der Waals surface area contributed by atoms with E-state index < -0.39 is 0 Å². The predicted molar refractivity (Wildman–Crippen MR) is 72.8 cm³/mol. The molecule has 2 fully saturated rings. The van der Waals surface area contributed by atoms with E-state index in [9.17, 15) is 0 Å². The van der Waals surface area contributed by atoms with Crippen molar-refractivity contribution in [2.24, 2.45) is 0 Å². The molecule has 3 atom stereocenters. The monoisotopic (exact) mass is 260 g/mol. The summed E-state index contributed by atoms with van der Waals surface area (Å²) in [5.41, 5.74) is 1.11. The van der Waals surface area contributed by atoms with E-state index in [4.69, 9.17) is 4.74 Å². The summed E-state index contributed by atoms with van der Waals surface area (Å²) in [6.45, 7) is 0.872. The summed E-state index contributed by atoms with van der Waals surface area (Å²) < 4.78 is 7.13. The normalized spacial score (nSPS) is 30.3. The highest BCUT2D eigenvalue weighted by atomic mass is 32.1. The number of thiazole rings is 1. The van der Waals surface area contributed by atoms with Crippen molar-refractivity contribution >= 4 is 21.6 Å². The Kier molecular flexibility index (Phi) is 2.60. The first kappa shape index (κ1) is 10.9. The fourth-order valence-electron chi connectivity index (χ4n) is 3.07. The van der Waals surface area contributed by atoms with Crippen LogP contribution in [0.25, 0.3) is 10.2 Å². The van der Waals surface area contributed by atoms with Crippen molar-refractivity contribution in [3.8, 4) is 0 Å². The lowest BCUT2D eigenvalue weighted by Crippen LogP contribution is -2.36. The lowest BCUT2D eigenvalue weighted by molar-refractivity contribution is 0.0973. The Labute approximate surface area is 110 Å². The zero-order chi connectivity index (χ0) is 11.9. The van der Waals surface area contributed by atoms with Crippen molar-refractivity contribution < 1.29 is 4.74 Å². The Morgan fingerprint density at radius 1 is 1.33 bits per heavy atom. The van der Waals surface area contributed by atoms with Crippen molar-refractivity contribution in [1.29, 1.82) is 0 Å². The first-order chi connectivity index (χ1) is 8.88. The van der Waals surface area contributed by atoms with Gasteiger partial charge < -0.3 is 10.1 Å². The first-order valence-electron chi connectivity index (χ1n) is 6.62. The van der Waals surface area contributed by atoms with E-state index in [1.807, 2.05) is 6.07 Å². The average Bonchev–Trinajstić information content (AvgIpc) is 3.10. The SMILES string of the molecule is c1ccc2sc(CNC3CC4CCC3O4)nc2c1. The number of benzene rings is 1. The van der Waals surface area contributed by atoms with Crippen LogP contribution in [0.15, 0.2) is 24.3 Å². The summed E-state index contributed by atoms with van der Waals surface area (Å²) in [6.07, 6.45) is 4.62. The summed E-state index contributed by atoms with van der Waals surface area (Å²) in [4.78, 5) is 4.65. The lowest BCUT2D eigenvalue weighted by atomic mass is 9.95. The number of nitrogens with one attached hydrogen (secondary N) is 1. The van der Waals surface area contributed by atoms with Gasteiger partial charge in [-0.2, -0.15) is 0 Å². The van der Waals surface area contributed by atoms with Gasteiger partial charge in [0.1, 0.15) is 5.01 Å². The molecule has 18 heavy (non-hydrogen) atoms. The van der Waals surface area contributed by atoms with Gasteiger partial charge in [-0.25, -0.2) is 4.98 Å². The molecule has 2 saturated heterocycles. The minimum absolute atomic E-state index is 0.448. The van der Waals surface area contributed by atoms with Gasteiger partial charge in [0.15, 0.2) is 0 Å². The minimum atomic E-state index is 0.448. The molecule has 1 N–H and O–H groups in total. The number of nitrogens with zero attached hydrogens (tertiary/aromatic N) is 1. The Bertz CT molecular complexity index is 535. The lowest BCUT2D eigenvalue weighted by Gasteiger charge is -2.19. The van der Waals surface area contributed by atoms with Crippen LogP contribution < -0.4 is 5.32 Å². The number of fused-ring (bicyclic) bond motifs is 3. The molecule has 2 aliphatic rings. The third-order valence-electron chi connectivity index (χ3n) is 3.96. The fourth-order valence-corrected chi connectivity index (χ4v) is 3.98. The highest BCUT2D eigenvalue weighted by molar-refractivity contribution is 7.18. The van der Waals surface area contributed by atoms with Crippen LogP contribution in [0.2, 0.25) is 0 Å². The molecule has 3 heterocycles. The van der Waals surface area contributed by atoms with E-state index in [-0.39, 0.29) is 0 Å². The molecule has 0 aliphatic carbocycles. The second-order valence-electron chi connectivity index (χ2n) is 5.17. The van der Waals surface area contributed by atoms with Crippen molar-refractivity contribution in [3.63, 3.8) is 0 Å². The standard InChI is InChI=1S/C14H16N2OS/c1-2-4-13-10(3-1)16-14(18-13)8-15-11-7-9-5-6-12(11)17-9/h1-4,9,11-12,15H,5-8H2. The van der Waals surface area contributed by atoms with Crippen LogP contribution in [0.1, 0.15) is 24.3 Å². The van der Waals surface area contributed by atoms with Crippen LogP contribution in [-0.4, -0.2) is 23.2 Å². The van der Waals surface area contributed by atoms with Crippen molar-refractivity contribution in [3.05, 3.63) is 29.3 Å². The van der Waals surface area contributed by atoms with E-state index in [1.54, 1.807) is 11.3 Å². The summed E-state index contributed by atoms with van der Waals surface area (Å²) in [5.74, 6) is 0. The van der Waals surface area contributed by atoms with Crippen LogP contribution in [0, 0.1) is 0 Å². The van der Waals surface area contributed by atoms with Gasteiger partial charge in [-0.05, 0) is 31.4 Å². The summed E-state index contributed by atoms with van der Waals surface area (Å²) in [7, 11) is 0. The van der Waals surface area contributed by atoms with Gasteiger partial charge in [0.05, 0.1) is 22.4 Å². The molecule has 3 unspecified atom stereocenters. The van der Waals surface area contributed by atoms with Crippen LogP contribution in [0.4, 0.5) is 0 Å². The molecule has 1 aromatic heterocycles. The zero-order valence-electron chi connectivity index (χ0n) is 10.1. The molecule has 0 radical (unpaired) electrons. The Balaban J connectivity index is 1.45. The third-order valence-corrected chi connectivity index (χ3v) is 5.00. The van der Waals surface area contributed by atoms with Crippen LogP contribution >= 0.6 is 11.3 Å². The molecular formula is C14H16N2OS. The number of hydrogen-bond donors (Lipinski definition) is 1. The first-order valence-corrected chi connectivity index (χ1v) is 7.43. The van der Waals surface area contributed by atoms with E-state index in [0.717, 1.165) is 12.1 Å². The highest BCUT2D eigenvalue weighted by Crippen LogP contribution is 2.34. The second kappa shape index (κ2) is 4.30. The molecule has 94 valence electrons. The van der Waals surface area contributed by atoms with E-state index >= 15 is 0 Å². The van der Waals surface area contributed by atoms with Crippen molar-refractivity contribution in [2.45, 2.75) is 44.1 Å². The topological polar surface area (TPSA) is 34.1 Å². The number of aromatic nitrogens is 1. The van der Waals surface area contributed by atoms with Gasteiger partial charge in [0.25, 0.3) is 0 Å². The maximum atomic E-state index is 5.85. The molecule has 4 rings (SSSR count). The number of para-hydroxylation sites is 1. The third kappa shape index (κ3) is 1.85. The molecule has 4 heteroatoms. The quantitative estimate of drug-likeness (QED) is 0.921. The Morgan fingerprint density at radius 2 is 2.28 bits per heavy atom. The Hall–Kier alpha value is -0.970. The van der Waals surface area contributed by atoms with E-state index in [0.29, 0.717) is 18.2 Å². The molecule has 0 amide bonds. The van der Waals surface area contributed by atoms with Gasteiger partial charge in [-0.3, -0.25) is 0 Å². The molecule has 2 bridgehead atoms. The summed E-state index contributed by atoms with van der Waals surface area (Å²) in [5, 5.41) is 4.79. The van der Waals surface area contributed by atoms with Crippen molar-refractivity contribution in [2.75, 3.05) is 0 Å². The van der Waals surface area contributed by atoms with Gasteiger partial charge in [-0.1, -0.05) is 12.1 Å². The van der Waals surface area contributed by atoms with Crippen LogP contribution in [0.3, 0.4) is 0 Å². The molecule has 2 aromatic rings. The zero-order valence-corrected chi connectivity index (χ0v) is 11.0. The van der Waals surface area contributed by atoms with Gasteiger partial charge in [-0.15, -0.1) is 11.3 Å². The predicted octanol–water partition coefficient (Wildman–Crippen LogP) is 2.71. The average molecular weight is 260 g/mol. The number of ether oxygens (including phenoxy) is 1. The maximum Gasteiger partial charge on any atom is 0.108 e. The summed E-state index contributed by atoms with van der Waals surface area (Å²) in [6, 6.07) is 8.87. The minimum Gasteiger partial charge on any atom is -0.373 e. The van der Waals surface area contributed by atoms with Gasteiger partial charge in [0, 0.05) is 12.6 Å². The van der Waals surface area contributed by atoms with Gasteiger partial charge in [0.2, 0.25) is 0 Å².